The Morgan fingerprint density at radius 3 is 2.67 bits per heavy atom. The Labute approximate surface area is 129 Å². The van der Waals surface area contributed by atoms with Crippen LogP contribution in [0.4, 0.5) is 0 Å². The Balaban J connectivity index is 2.19. The van der Waals surface area contributed by atoms with Gasteiger partial charge in [0.1, 0.15) is 0 Å². The highest BCUT2D eigenvalue weighted by Crippen LogP contribution is 2.31. The summed E-state index contributed by atoms with van der Waals surface area (Å²) in [5.41, 5.74) is 2.72. The van der Waals surface area contributed by atoms with Gasteiger partial charge in [0, 0.05) is 37.9 Å². The molecule has 1 saturated heterocycles. The Kier molecular flexibility index (Phi) is 5.10. The van der Waals surface area contributed by atoms with Gasteiger partial charge >= 0.3 is 0 Å². The van der Waals surface area contributed by atoms with Crippen molar-refractivity contribution in [2.24, 2.45) is 0 Å². The molecule has 1 aromatic rings. The minimum absolute atomic E-state index is 0.139. The average molecular weight is 293 g/mol. The molecule has 1 aliphatic heterocycles. The standard InChI is InChI=1S/C17H31N3O/c1-13(2)15-11-16(17(3,4)5)20(18-15)14-7-8-19(12-14)9-10-21-6/h11,13-14H,7-10,12H2,1-6H3. The van der Waals surface area contributed by atoms with E-state index in [4.69, 9.17) is 9.84 Å². The number of rotatable bonds is 5. The van der Waals surface area contributed by atoms with E-state index in [-0.39, 0.29) is 5.41 Å². The molecule has 4 heteroatoms. The summed E-state index contributed by atoms with van der Waals surface area (Å²) >= 11 is 0. The van der Waals surface area contributed by atoms with Crippen LogP contribution in [0.25, 0.3) is 0 Å². The molecule has 1 atom stereocenters. The van der Waals surface area contributed by atoms with E-state index in [1.807, 2.05) is 0 Å². The van der Waals surface area contributed by atoms with Gasteiger partial charge in [-0.2, -0.15) is 5.10 Å². The summed E-state index contributed by atoms with van der Waals surface area (Å²) in [7, 11) is 1.77. The molecule has 1 unspecified atom stereocenters. The molecule has 0 aromatic carbocycles. The molecule has 1 aliphatic rings. The first kappa shape index (κ1) is 16.5. The second-order valence-corrected chi connectivity index (χ2v) is 7.54. The topological polar surface area (TPSA) is 30.3 Å². The fourth-order valence-corrected chi connectivity index (χ4v) is 2.97. The van der Waals surface area contributed by atoms with Crippen molar-refractivity contribution in [2.75, 3.05) is 33.4 Å². The van der Waals surface area contributed by atoms with Crippen LogP contribution in [0.2, 0.25) is 0 Å². The van der Waals surface area contributed by atoms with Gasteiger partial charge in [-0.15, -0.1) is 0 Å². The van der Waals surface area contributed by atoms with Crippen molar-refractivity contribution in [1.82, 2.24) is 14.7 Å². The lowest BCUT2D eigenvalue weighted by atomic mass is 9.91. The number of aromatic nitrogens is 2. The second kappa shape index (κ2) is 6.49. The molecule has 2 rings (SSSR count). The third-order valence-electron chi connectivity index (χ3n) is 4.32. The van der Waals surface area contributed by atoms with Crippen LogP contribution in [-0.2, 0) is 10.2 Å². The van der Waals surface area contributed by atoms with E-state index >= 15 is 0 Å². The van der Waals surface area contributed by atoms with Crippen LogP contribution in [0.15, 0.2) is 6.07 Å². The maximum atomic E-state index is 5.19. The van der Waals surface area contributed by atoms with Gasteiger partial charge in [0.15, 0.2) is 0 Å². The summed E-state index contributed by atoms with van der Waals surface area (Å²) in [4.78, 5) is 2.48. The van der Waals surface area contributed by atoms with Gasteiger partial charge in [-0.1, -0.05) is 34.6 Å². The van der Waals surface area contributed by atoms with Crippen LogP contribution < -0.4 is 0 Å². The Morgan fingerprint density at radius 1 is 1.38 bits per heavy atom. The highest BCUT2D eigenvalue weighted by atomic mass is 16.5. The van der Waals surface area contributed by atoms with Gasteiger partial charge in [-0.3, -0.25) is 9.58 Å². The molecule has 120 valence electrons. The predicted octanol–water partition coefficient (Wildman–Crippen LogP) is 3.20. The van der Waals surface area contributed by atoms with Gasteiger partial charge < -0.3 is 4.74 Å². The largest absolute Gasteiger partial charge is 0.383 e. The van der Waals surface area contributed by atoms with Crippen molar-refractivity contribution >= 4 is 0 Å². The first-order valence-electron chi connectivity index (χ1n) is 8.14. The summed E-state index contributed by atoms with van der Waals surface area (Å²) in [6.07, 6.45) is 1.19. The summed E-state index contributed by atoms with van der Waals surface area (Å²) in [6, 6.07) is 2.81. The number of methoxy groups -OCH3 is 1. The number of hydrogen-bond donors (Lipinski definition) is 0. The first-order valence-corrected chi connectivity index (χ1v) is 8.14. The van der Waals surface area contributed by atoms with Crippen LogP contribution in [0.5, 0.6) is 0 Å². The number of ether oxygens (including phenoxy) is 1. The molecule has 2 heterocycles. The van der Waals surface area contributed by atoms with Gasteiger partial charge in [-0.05, 0) is 18.4 Å². The smallest absolute Gasteiger partial charge is 0.0661 e. The number of likely N-dealkylation sites (tertiary alicyclic amines) is 1. The number of hydrogen-bond acceptors (Lipinski definition) is 3. The summed E-state index contributed by atoms with van der Waals surface area (Å²) in [5.74, 6) is 0.485. The molecule has 0 spiro atoms. The second-order valence-electron chi connectivity index (χ2n) is 7.54. The molecule has 0 saturated carbocycles. The molecular formula is C17H31N3O. The zero-order valence-corrected chi connectivity index (χ0v) is 14.5. The van der Waals surface area contributed by atoms with E-state index in [2.05, 4.69) is 50.3 Å². The Hall–Kier alpha value is -0.870. The molecule has 1 aromatic heterocycles. The van der Waals surface area contributed by atoms with Crippen LogP contribution in [0, 0.1) is 0 Å². The van der Waals surface area contributed by atoms with Crippen LogP contribution in [-0.4, -0.2) is 48.0 Å². The van der Waals surface area contributed by atoms with Gasteiger partial charge in [0.05, 0.1) is 18.3 Å². The highest BCUT2D eigenvalue weighted by Gasteiger charge is 2.30. The fourth-order valence-electron chi connectivity index (χ4n) is 2.97. The lowest BCUT2D eigenvalue weighted by molar-refractivity contribution is 0.158. The van der Waals surface area contributed by atoms with Crippen molar-refractivity contribution < 1.29 is 4.74 Å². The molecular weight excluding hydrogens is 262 g/mol. The monoisotopic (exact) mass is 293 g/mol. The molecule has 4 nitrogen and oxygen atoms in total. The lowest BCUT2D eigenvalue weighted by Crippen LogP contribution is -2.27. The quantitative estimate of drug-likeness (QED) is 0.835. The van der Waals surface area contributed by atoms with Crippen molar-refractivity contribution in [3.63, 3.8) is 0 Å². The SMILES string of the molecule is COCCN1CCC(n2nc(C(C)C)cc2C(C)(C)C)C1. The maximum Gasteiger partial charge on any atom is 0.0661 e. The van der Waals surface area contributed by atoms with E-state index in [0.717, 1.165) is 26.2 Å². The Bertz CT molecular complexity index is 459. The molecule has 0 bridgehead atoms. The minimum Gasteiger partial charge on any atom is -0.383 e. The molecule has 0 aliphatic carbocycles. The average Bonchev–Trinajstić information content (AvgIpc) is 3.01. The Morgan fingerprint density at radius 2 is 2.10 bits per heavy atom. The molecule has 1 fully saturated rings. The van der Waals surface area contributed by atoms with E-state index < -0.39 is 0 Å². The van der Waals surface area contributed by atoms with Gasteiger partial charge in [0.25, 0.3) is 0 Å². The lowest BCUT2D eigenvalue weighted by Gasteiger charge is -2.24. The molecule has 0 radical (unpaired) electrons. The van der Waals surface area contributed by atoms with E-state index in [1.165, 1.54) is 17.8 Å². The highest BCUT2D eigenvalue weighted by molar-refractivity contribution is 5.21. The van der Waals surface area contributed by atoms with Crippen LogP contribution in [0.3, 0.4) is 0 Å². The molecule has 0 amide bonds. The van der Waals surface area contributed by atoms with Crippen LogP contribution >= 0.6 is 0 Å². The first-order chi connectivity index (χ1) is 9.82. The predicted molar refractivity (Wildman–Crippen MR) is 87.0 cm³/mol. The van der Waals surface area contributed by atoms with E-state index in [1.54, 1.807) is 7.11 Å². The minimum atomic E-state index is 0.139. The zero-order chi connectivity index (χ0) is 15.6. The summed E-state index contributed by atoms with van der Waals surface area (Å²) < 4.78 is 7.50. The van der Waals surface area contributed by atoms with E-state index in [9.17, 15) is 0 Å². The molecule has 21 heavy (non-hydrogen) atoms. The summed E-state index contributed by atoms with van der Waals surface area (Å²) in [6.45, 7) is 15.4. The van der Waals surface area contributed by atoms with Crippen molar-refractivity contribution in [3.05, 3.63) is 17.5 Å². The third-order valence-corrected chi connectivity index (χ3v) is 4.32. The summed E-state index contributed by atoms with van der Waals surface area (Å²) in [5, 5.41) is 4.93. The third kappa shape index (κ3) is 3.86. The maximum absolute atomic E-state index is 5.19. The normalized spacial score (nSPS) is 20.6. The van der Waals surface area contributed by atoms with Crippen molar-refractivity contribution in [3.8, 4) is 0 Å². The van der Waals surface area contributed by atoms with Gasteiger partial charge in [0.2, 0.25) is 0 Å². The van der Waals surface area contributed by atoms with Crippen molar-refractivity contribution in [2.45, 2.75) is 58.4 Å². The van der Waals surface area contributed by atoms with Crippen molar-refractivity contribution in [1.29, 1.82) is 0 Å². The number of nitrogens with zero attached hydrogens (tertiary/aromatic N) is 3. The molecule has 0 N–H and O–H groups in total. The van der Waals surface area contributed by atoms with Gasteiger partial charge in [-0.25, -0.2) is 0 Å². The van der Waals surface area contributed by atoms with E-state index in [0.29, 0.717) is 12.0 Å². The fraction of sp³-hybridized carbons (Fsp3) is 0.824. The zero-order valence-electron chi connectivity index (χ0n) is 14.5. The van der Waals surface area contributed by atoms with Crippen LogP contribution in [0.1, 0.15) is 64.4 Å².